The van der Waals surface area contributed by atoms with Crippen LogP contribution in [0.25, 0.3) is 10.9 Å². The fraction of sp³-hybridized carbons (Fsp3) is 0.286. The Morgan fingerprint density at radius 3 is 2.47 bits per heavy atom. The fourth-order valence-corrected chi connectivity index (χ4v) is 4.95. The van der Waals surface area contributed by atoms with E-state index < -0.39 is 23.4 Å². The zero-order valence-electron chi connectivity index (χ0n) is 22.1. The van der Waals surface area contributed by atoms with Gasteiger partial charge in [0.25, 0.3) is 11.8 Å². The van der Waals surface area contributed by atoms with Crippen molar-refractivity contribution in [2.24, 2.45) is 5.73 Å². The van der Waals surface area contributed by atoms with Gasteiger partial charge in [0.15, 0.2) is 5.69 Å². The van der Waals surface area contributed by atoms with Crippen LogP contribution in [0, 0.1) is 13.8 Å². The lowest BCUT2D eigenvalue weighted by Gasteiger charge is -2.34. The minimum Gasteiger partial charge on any atom is -0.395 e. The van der Waals surface area contributed by atoms with Crippen molar-refractivity contribution >= 4 is 51.5 Å². The van der Waals surface area contributed by atoms with Gasteiger partial charge in [0.1, 0.15) is 10.9 Å². The smallest absolute Gasteiger partial charge is 0.273 e. The lowest BCUT2D eigenvalue weighted by Crippen LogP contribution is -2.50. The molecule has 4 rings (SSSR count). The molecule has 2 aromatic carbocycles. The number of hydrogen-bond donors (Lipinski definition) is 4. The molecule has 0 bridgehead atoms. The van der Waals surface area contributed by atoms with E-state index in [9.17, 15) is 14.4 Å². The quantitative estimate of drug-likeness (QED) is 0.261. The summed E-state index contributed by atoms with van der Waals surface area (Å²) in [5.74, 6) is -1.74. The third-order valence-corrected chi connectivity index (χ3v) is 7.76. The average Bonchev–Trinajstić information content (AvgIpc) is 3.47. The number of H-pyrrole nitrogens is 1. The number of benzene rings is 2. The van der Waals surface area contributed by atoms with Gasteiger partial charge < -0.3 is 21.8 Å². The van der Waals surface area contributed by atoms with Gasteiger partial charge in [-0.3, -0.25) is 19.3 Å². The summed E-state index contributed by atoms with van der Waals surface area (Å²) in [5.41, 5.74) is 14.7. The molecule has 6 N–H and O–H groups in total. The largest absolute Gasteiger partial charge is 0.395 e. The SMILES string of the molecule is CCC(C)(C)NC(=O)[C@H](c1c[nH]c2ccccc12)N(C(=O)c1snc(C(N)=O)c1N)c1ccc(C)c(C)c1. The van der Waals surface area contributed by atoms with Crippen molar-refractivity contribution in [2.45, 2.75) is 52.6 Å². The molecular weight excluding hydrogens is 500 g/mol. The van der Waals surface area contributed by atoms with Crippen LogP contribution in [0.5, 0.6) is 0 Å². The first-order chi connectivity index (χ1) is 17.9. The molecule has 0 unspecified atom stereocenters. The standard InChI is InChI=1S/C28H32N6O3S/c1-6-28(4,5)32-26(36)23(19-14-31-20-10-8-7-9-18(19)20)34(17-12-11-15(2)16(3)13-17)27(37)24-21(29)22(25(30)35)33-38-24/h7-14,23,31H,6,29H2,1-5H3,(H2,30,35)(H,32,36)/t23-/m0/s1. The number of nitrogen functional groups attached to an aromatic ring is 1. The second-order valence-electron chi connectivity index (χ2n) is 10.0. The number of aryl methyl sites for hydroxylation is 2. The summed E-state index contributed by atoms with van der Waals surface area (Å²) in [6, 6.07) is 12.1. The highest BCUT2D eigenvalue weighted by atomic mass is 32.1. The van der Waals surface area contributed by atoms with Gasteiger partial charge in [0.2, 0.25) is 5.91 Å². The first kappa shape index (κ1) is 26.9. The van der Waals surface area contributed by atoms with E-state index >= 15 is 0 Å². The zero-order valence-corrected chi connectivity index (χ0v) is 22.9. The molecule has 10 heteroatoms. The van der Waals surface area contributed by atoms with Gasteiger partial charge in [-0.1, -0.05) is 31.2 Å². The second-order valence-corrected chi connectivity index (χ2v) is 10.8. The number of para-hydroxylation sites is 1. The van der Waals surface area contributed by atoms with Crippen molar-refractivity contribution in [3.63, 3.8) is 0 Å². The molecule has 1 atom stereocenters. The van der Waals surface area contributed by atoms with Crippen LogP contribution >= 0.6 is 11.5 Å². The molecule has 2 aromatic heterocycles. The van der Waals surface area contributed by atoms with Gasteiger partial charge in [0.05, 0.1) is 5.69 Å². The van der Waals surface area contributed by atoms with E-state index in [4.69, 9.17) is 11.5 Å². The lowest BCUT2D eigenvalue weighted by atomic mass is 9.97. The van der Waals surface area contributed by atoms with Crippen molar-refractivity contribution in [3.8, 4) is 0 Å². The summed E-state index contributed by atoms with van der Waals surface area (Å²) < 4.78 is 4.02. The Balaban J connectivity index is 1.98. The number of nitrogens with two attached hydrogens (primary N) is 2. The number of rotatable bonds is 8. The van der Waals surface area contributed by atoms with Crippen LogP contribution < -0.4 is 21.7 Å². The molecule has 0 fully saturated rings. The van der Waals surface area contributed by atoms with E-state index in [0.29, 0.717) is 17.7 Å². The van der Waals surface area contributed by atoms with E-state index in [2.05, 4.69) is 14.7 Å². The maximum absolute atomic E-state index is 14.3. The number of hydrogen-bond acceptors (Lipinski definition) is 6. The molecule has 4 aromatic rings. The molecule has 0 radical (unpaired) electrons. The van der Waals surface area contributed by atoms with E-state index in [1.165, 1.54) is 4.90 Å². The van der Waals surface area contributed by atoms with E-state index in [1.54, 1.807) is 12.3 Å². The van der Waals surface area contributed by atoms with E-state index in [-0.39, 0.29) is 22.2 Å². The van der Waals surface area contributed by atoms with Crippen LogP contribution in [0.1, 0.15) is 70.1 Å². The van der Waals surface area contributed by atoms with Crippen LogP contribution in [-0.2, 0) is 4.79 Å². The molecule has 0 aliphatic carbocycles. The van der Waals surface area contributed by atoms with Crippen LogP contribution in [0.15, 0.2) is 48.7 Å². The Morgan fingerprint density at radius 1 is 1.13 bits per heavy atom. The number of amides is 3. The monoisotopic (exact) mass is 532 g/mol. The number of primary amides is 1. The second kappa shape index (κ2) is 10.3. The van der Waals surface area contributed by atoms with Gasteiger partial charge in [-0.2, -0.15) is 4.37 Å². The number of nitrogens with one attached hydrogen (secondary N) is 2. The van der Waals surface area contributed by atoms with Crippen molar-refractivity contribution in [1.29, 1.82) is 0 Å². The molecule has 0 saturated carbocycles. The molecule has 0 aliphatic rings. The Kier molecular flexibility index (Phi) is 7.28. The van der Waals surface area contributed by atoms with Crippen molar-refractivity contribution in [3.05, 3.63) is 75.9 Å². The Hall–Kier alpha value is -4.18. The number of carbonyl (C=O) groups is 3. The maximum atomic E-state index is 14.3. The molecular formula is C28H32N6O3S. The predicted octanol–water partition coefficient (Wildman–Crippen LogP) is 4.62. The van der Waals surface area contributed by atoms with E-state index in [0.717, 1.165) is 33.6 Å². The summed E-state index contributed by atoms with van der Waals surface area (Å²) in [7, 11) is 0. The maximum Gasteiger partial charge on any atom is 0.273 e. The van der Waals surface area contributed by atoms with Crippen LogP contribution in [0.3, 0.4) is 0 Å². The number of carbonyl (C=O) groups excluding carboxylic acids is 3. The molecule has 9 nitrogen and oxygen atoms in total. The summed E-state index contributed by atoms with van der Waals surface area (Å²) in [6.07, 6.45) is 2.43. The van der Waals surface area contributed by atoms with Crippen LogP contribution in [-0.4, -0.2) is 32.6 Å². The molecule has 0 aliphatic heterocycles. The Morgan fingerprint density at radius 2 is 1.84 bits per heavy atom. The van der Waals surface area contributed by atoms with Crippen LogP contribution in [0.2, 0.25) is 0 Å². The third-order valence-electron chi connectivity index (χ3n) is 6.91. The third kappa shape index (κ3) is 4.99. The van der Waals surface area contributed by atoms with Gasteiger partial charge >= 0.3 is 0 Å². The molecule has 198 valence electrons. The van der Waals surface area contributed by atoms with Gasteiger partial charge in [-0.15, -0.1) is 0 Å². The number of aromatic nitrogens is 2. The highest BCUT2D eigenvalue weighted by Crippen LogP contribution is 2.37. The molecule has 38 heavy (non-hydrogen) atoms. The van der Waals surface area contributed by atoms with Crippen molar-refractivity contribution in [2.75, 3.05) is 10.6 Å². The summed E-state index contributed by atoms with van der Waals surface area (Å²) in [4.78, 5) is 44.9. The first-order valence-electron chi connectivity index (χ1n) is 12.3. The topological polar surface area (TPSA) is 147 Å². The lowest BCUT2D eigenvalue weighted by molar-refractivity contribution is -0.124. The summed E-state index contributed by atoms with van der Waals surface area (Å²) >= 11 is 0.784. The molecule has 3 amide bonds. The summed E-state index contributed by atoms with van der Waals surface area (Å²) in [5, 5.41) is 3.92. The normalized spacial score (nSPS) is 12.3. The predicted molar refractivity (Wildman–Crippen MR) is 151 cm³/mol. The van der Waals surface area contributed by atoms with Crippen molar-refractivity contribution in [1.82, 2.24) is 14.7 Å². The first-order valence-corrected chi connectivity index (χ1v) is 13.1. The minimum absolute atomic E-state index is 0.0319. The van der Waals surface area contributed by atoms with E-state index in [1.807, 2.05) is 71.0 Å². The Bertz CT molecular complexity index is 1540. The molecule has 2 heterocycles. The highest BCUT2D eigenvalue weighted by Gasteiger charge is 2.38. The number of fused-ring (bicyclic) bond motifs is 1. The molecule has 0 spiro atoms. The summed E-state index contributed by atoms with van der Waals surface area (Å²) in [6.45, 7) is 9.75. The number of aromatic amines is 1. The highest BCUT2D eigenvalue weighted by molar-refractivity contribution is 7.09. The van der Waals surface area contributed by atoms with Gasteiger partial charge in [-0.25, -0.2) is 0 Å². The number of nitrogens with zero attached hydrogens (tertiary/aromatic N) is 2. The fourth-order valence-electron chi connectivity index (χ4n) is 4.21. The van der Waals surface area contributed by atoms with Gasteiger partial charge in [-0.05, 0) is 75.0 Å². The Labute approximate surface area is 225 Å². The minimum atomic E-state index is -1.06. The van der Waals surface area contributed by atoms with Crippen molar-refractivity contribution < 1.29 is 14.4 Å². The molecule has 0 saturated heterocycles. The number of anilines is 2. The zero-order chi connectivity index (χ0) is 27.8. The van der Waals surface area contributed by atoms with Gasteiger partial charge in [0, 0.05) is 33.9 Å². The van der Waals surface area contributed by atoms with Crippen LogP contribution in [0.4, 0.5) is 11.4 Å². The average molecular weight is 533 g/mol.